The number of allylic oxidation sites excluding steroid dienone is 1. The zero-order valence-corrected chi connectivity index (χ0v) is 10.8. The van der Waals surface area contributed by atoms with Crippen LogP contribution >= 0.6 is 0 Å². The van der Waals surface area contributed by atoms with Crippen LogP contribution in [0.25, 0.3) is 0 Å². The number of carboxylic acid groups (broad SMARTS) is 1. The normalized spacial score (nSPS) is 29.4. The summed E-state index contributed by atoms with van der Waals surface area (Å²) in [6, 6.07) is 0. The topological polar surface area (TPSA) is 83.8 Å². The summed E-state index contributed by atoms with van der Waals surface area (Å²) in [5.74, 6) is -0.632. The van der Waals surface area contributed by atoms with E-state index in [9.17, 15) is 9.59 Å². The third kappa shape index (κ3) is 3.32. The van der Waals surface area contributed by atoms with Crippen molar-refractivity contribution >= 4 is 11.9 Å². The van der Waals surface area contributed by atoms with Crippen LogP contribution in [0.4, 0.5) is 0 Å². The van der Waals surface area contributed by atoms with Gasteiger partial charge in [-0.3, -0.25) is 4.79 Å². The Balaban J connectivity index is 0.000000187. The number of aliphatic hydroxyl groups is 1. The first-order chi connectivity index (χ1) is 8.41. The number of hydrogen-bond acceptors (Lipinski definition) is 4. The van der Waals surface area contributed by atoms with Crippen LogP contribution in [-0.4, -0.2) is 34.9 Å². The molecule has 0 radical (unpaired) electrons. The smallest absolute Gasteiger partial charge is 0.334 e. The number of carbonyl (C=O) groups excluding carboxylic acids is 1. The lowest BCUT2D eigenvalue weighted by atomic mass is 9.88. The van der Waals surface area contributed by atoms with Gasteiger partial charge in [0.25, 0.3) is 0 Å². The molecule has 2 bridgehead atoms. The second kappa shape index (κ2) is 6.00. The maximum absolute atomic E-state index is 10.7. The summed E-state index contributed by atoms with van der Waals surface area (Å²) in [5.41, 5.74) is -0.454. The van der Waals surface area contributed by atoms with Crippen molar-refractivity contribution in [3.05, 3.63) is 12.2 Å². The van der Waals surface area contributed by atoms with Crippen LogP contribution in [0.1, 0.15) is 33.1 Å². The second-order valence-electron chi connectivity index (χ2n) is 4.75. The van der Waals surface area contributed by atoms with Crippen LogP contribution in [-0.2, 0) is 14.3 Å². The molecule has 2 N–H and O–H groups in total. The molecule has 1 saturated carbocycles. The molecule has 0 heterocycles. The van der Waals surface area contributed by atoms with E-state index in [0.717, 1.165) is 19.3 Å². The largest absolute Gasteiger partial charge is 0.481 e. The summed E-state index contributed by atoms with van der Waals surface area (Å²) in [6.45, 7) is 3.39. The van der Waals surface area contributed by atoms with E-state index in [4.69, 9.17) is 10.2 Å². The summed E-state index contributed by atoms with van der Waals surface area (Å²) >= 11 is 0. The number of carboxylic acids is 1. The highest BCUT2D eigenvalue weighted by molar-refractivity contribution is 5.78. The Morgan fingerprint density at radius 3 is 2.39 bits per heavy atom. The molecule has 5 nitrogen and oxygen atoms in total. The first kappa shape index (κ1) is 14.7. The minimum atomic E-state index is -0.991. The van der Waals surface area contributed by atoms with Crippen LogP contribution in [0.2, 0.25) is 0 Å². The zero-order chi connectivity index (χ0) is 13.8. The lowest BCUT2D eigenvalue weighted by Gasteiger charge is -2.15. The number of esters is 1. The fourth-order valence-corrected chi connectivity index (χ4v) is 2.28. The molecule has 3 unspecified atom stereocenters. The van der Waals surface area contributed by atoms with Crippen molar-refractivity contribution in [2.24, 2.45) is 11.3 Å². The third-order valence-corrected chi connectivity index (χ3v) is 3.33. The van der Waals surface area contributed by atoms with Gasteiger partial charge in [-0.25, -0.2) is 4.79 Å². The zero-order valence-electron chi connectivity index (χ0n) is 10.8. The molecule has 2 rings (SSSR count). The van der Waals surface area contributed by atoms with Gasteiger partial charge in [-0.1, -0.05) is 12.2 Å². The Kier molecular flexibility index (Phi) is 4.90. The minimum Gasteiger partial charge on any atom is -0.481 e. The Morgan fingerprint density at radius 2 is 2.22 bits per heavy atom. The first-order valence-electron chi connectivity index (χ1n) is 6.18. The molecular weight excluding hydrogens is 236 g/mol. The summed E-state index contributed by atoms with van der Waals surface area (Å²) in [4.78, 5) is 21.0. The van der Waals surface area contributed by atoms with Gasteiger partial charge < -0.3 is 14.9 Å². The fourth-order valence-electron chi connectivity index (χ4n) is 2.28. The van der Waals surface area contributed by atoms with Gasteiger partial charge in [0.15, 0.2) is 0 Å². The van der Waals surface area contributed by atoms with Gasteiger partial charge in [-0.15, -0.1) is 0 Å². The van der Waals surface area contributed by atoms with E-state index >= 15 is 0 Å². The summed E-state index contributed by atoms with van der Waals surface area (Å²) in [6.07, 6.45) is 5.71. The van der Waals surface area contributed by atoms with E-state index in [1.165, 1.54) is 6.92 Å². The number of carbonyl (C=O) groups is 2. The first-order valence-corrected chi connectivity index (χ1v) is 6.18. The van der Waals surface area contributed by atoms with Gasteiger partial charge in [-0.05, 0) is 39.0 Å². The van der Waals surface area contributed by atoms with E-state index in [0.29, 0.717) is 12.5 Å². The number of aliphatic hydroxyl groups excluding tert-OH is 1. The summed E-state index contributed by atoms with van der Waals surface area (Å²) in [5, 5.41) is 17.3. The van der Waals surface area contributed by atoms with E-state index < -0.39 is 23.5 Å². The summed E-state index contributed by atoms with van der Waals surface area (Å²) in [7, 11) is 0. The predicted octanol–water partition coefficient (Wildman–Crippen LogP) is 1.36. The Hall–Kier alpha value is -1.36. The number of fused-ring (bicyclic) bond motifs is 2. The number of aliphatic carboxylic acids is 1. The number of rotatable bonds is 3. The van der Waals surface area contributed by atoms with Crippen molar-refractivity contribution in [1.29, 1.82) is 0 Å². The molecule has 1 fully saturated rings. The molecule has 2 aliphatic rings. The highest BCUT2D eigenvalue weighted by Crippen LogP contribution is 2.49. The molecule has 18 heavy (non-hydrogen) atoms. The molecule has 0 aromatic rings. The van der Waals surface area contributed by atoms with Gasteiger partial charge in [0.1, 0.15) is 6.10 Å². The van der Waals surface area contributed by atoms with Crippen LogP contribution in [0.5, 0.6) is 0 Å². The molecular formula is C13H20O5. The predicted molar refractivity (Wildman–Crippen MR) is 64.9 cm³/mol. The molecule has 0 saturated heterocycles. The summed E-state index contributed by atoms with van der Waals surface area (Å²) < 4.78 is 4.41. The average Bonchev–Trinajstić information content (AvgIpc) is 2.91. The second-order valence-corrected chi connectivity index (χ2v) is 4.75. The average molecular weight is 256 g/mol. The molecule has 0 aromatic heterocycles. The minimum absolute atomic E-state index is 0.323. The van der Waals surface area contributed by atoms with Crippen molar-refractivity contribution in [2.75, 3.05) is 6.61 Å². The highest BCUT2D eigenvalue weighted by atomic mass is 16.5. The van der Waals surface area contributed by atoms with Gasteiger partial charge in [-0.2, -0.15) is 0 Å². The van der Waals surface area contributed by atoms with Crippen molar-refractivity contribution < 1.29 is 24.5 Å². The van der Waals surface area contributed by atoms with Crippen LogP contribution in [0, 0.1) is 11.3 Å². The lowest BCUT2D eigenvalue weighted by Crippen LogP contribution is -2.23. The van der Waals surface area contributed by atoms with E-state index in [1.54, 1.807) is 6.92 Å². The molecule has 0 spiro atoms. The van der Waals surface area contributed by atoms with E-state index in [2.05, 4.69) is 10.8 Å². The van der Waals surface area contributed by atoms with Crippen molar-refractivity contribution in [2.45, 2.75) is 39.2 Å². The Morgan fingerprint density at radius 1 is 1.56 bits per heavy atom. The van der Waals surface area contributed by atoms with Gasteiger partial charge >= 0.3 is 11.9 Å². The van der Waals surface area contributed by atoms with Crippen molar-refractivity contribution in [3.8, 4) is 0 Å². The highest BCUT2D eigenvalue weighted by Gasteiger charge is 2.46. The monoisotopic (exact) mass is 256 g/mol. The molecule has 0 amide bonds. The van der Waals surface area contributed by atoms with Gasteiger partial charge in [0.05, 0.1) is 12.0 Å². The molecule has 0 aromatic carbocycles. The van der Waals surface area contributed by atoms with Crippen LogP contribution in [0.3, 0.4) is 0 Å². The standard InChI is InChI=1S/C8H10O2.C5H10O3/c9-7(10)8-3-1-6(5-8)2-4-8;1-3-8-5(7)4(2)6/h1,3,6H,2,4-5H2,(H,9,10);4,6H,3H2,1-2H3. The Labute approximate surface area is 106 Å². The van der Waals surface area contributed by atoms with Gasteiger partial charge in [0, 0.05) is 0 Å². The van der Waals surface area contributed by atoms with E-state index in [1.807, 2.05) is 6.08 Å². The fraction of sp³-hybridized carbons (Fsp3) is 0.692. The molecule has 3 atom stereocenters. The maximum atomic E-state index is 10.7. The molecule has 102 valence electrons. The number of ether oxygens (including phenoxy) is 1. The molecule has 5 heteroatoms. The molecule has 0 aliphatic heterocycles. The van der Waals surface area contributed by atoms with Crippen LogP contribution in [0.15, 0.2) is 12.2 Å². The van der Waals surface area contributed by atoms with Crippen LogP contribution < -0.4 is 0 Å². The maximum Gasteiger partial charge on any atom is 0.334 e. The van der Waals surface area contributed by atoms with E-state index in [-0.39, 0.29) is 0 Å². The Bertz CT molecular complexity index is 347. The van der Waals surface area contributed by atoms with Crippen molar-refractivity contribution in [3.63, 3.8) is 0 Å². The van der Waals surface area contributed by atoms with Crippen molar-refractivity contribution in [1.82, 2.24) is 0 Å². The third-order valence-electron chi connectivity index (χ3n) is 3.33. The number of hydrogen-bond donors (Lipinski definition) is 2. The lowest BCUT2D eigenvalue weighted by molar-refractivity contribution is -0.152. The SMILES string of the molecule is CCOC(=O)C(C)O.O=C(O)C12C=CC(CC1)C2. The molecule has 2 aliphatic carbocycles. The van der Waals surface area contributed by atoms with Gasteiger partial charge in [0.2, 0.25) is 0 Å². The quantitative estimate of drug-likeness (QED) is 0.588.